The largest absolute Gasteiger partial charge is 0.456 e. The Balaban J connectivity index is 1.21. The number of benzene rings is 1. The number of hydrogen-bond donors (Lipinski definition) is 0. The minimum absolute atomic E-state index is 0.0622. The van der Waals surface area contributed by atoms with Gasteiger partial charge in [-0.05, 0) is 50.2 Å². The van der Waals surface area contributed by atoms with Gasteiger partial charge in [-0.2, -0.15) is 0 Å². The number of imide groups is 1. The summed E-state index contributed by atoms with van der Waals surface area (Å²) in [5.74, 6) is -0.651. The van der Waals surface area contributed by atoms with Crippen LogP contribution in [0.25, 0.3) is 0 Å². The number of rotatable bonds is 6. The molecule has 3 amide bonds. The number of fused-ring (bicyclic) bond motifs is 2. The highest BCUT2D eigenvalue weighted by atomic mass is 16.5. The van der Waals surface area contributed by atoms with Crippen molar-refractivity contribution in [3.8, 4) is 0 Å². The Bertz CT molecular complexity index is 815. The topological polar surface area (TPSA) is 84.0 Å². The first-order valence-corrected chi connectivity index (χ1v) is 11.0. The van der Waals surface area contributed by atoms with Crippen molar-refractivity contribution in [1.29, 1.82) is 0 Å². The molecule has 0 bridgehead atoms. The molecule has 30 heavy (non-hydrogen) atoms. The predicted octanol–water partition coefficient (Wildman–Crippen LogP) is 2.79. The van der Waals surface area contributed by atoms with Gasteiger partial charge in [0.25, 0.3) is 17.7 Å². The van der Waals surface area contributed by atoms with Crippen LogP contribution in [0.15, 0.2) is 24.3 Å². The zero-order valence-corrected chi connectivity index (χ0v) is 17.2. The van der Waals surface area contributed by atoms with Gasteiger partial charge in [0.05, 0.1) is 11.1 Å². The summed E-state index contributed by atoms with van der Waals surface area (Å²) in [6.45, 7) is 0.678. The molecule has 1 aromatic carbocycles. The van der Waals surface area contributed by atoms with E-state index in [9.17, 15) is 19.2 Å². The number of piperidine rings is 1. The Morgan fingerprint density at radius 1 is 0.967 bits per heavy atom. The Hall–Kier alpha value is -2.70. The van der Waals surface area contributed by atoms with Crippen LogP contribution in [0.3, 0.4) is 0 Å². The number of carbonyl (C=O) groups excluding carboxylic acids is 4. The average Bonchev–Trinajstić information content (AvgIpc) is 3.02. The van der Waals surface area contributed by atoms with Gasteiger partial charge < -0.3 is 9.64 Å². The van der Waals surface area contributed by atoms with Crippen LogP contribution in [0.2, 0.25) is 0 Å². The molecule has 0 N–H and O–H groups in total. The van der Waals surface area contributed by atoms with Crippen LogP contribution in [0.1, 0.15) is 72.1 Å². The van der Waals surface area contributed by atoms with Gasteiger partial charge >= 0.3 is 5.97 Å². The lowest BCUT2D eigenvalue weighted by Crippen LogP contribution is -2.50. The van der Waals surface area contributed by atoms with Crippen LogP contribution in [0, 0.1) is 5.92 Å². The first-order chi connectivity index (χ1) is 14.6. The minimum Gasteiger partial charge on any atom is -0.456 e. The molecule has 2 atom stereocenters. The van der Waals surface area contributed by atoms with E-state index in [1.165, 1.54) is 24.2 Å². The highest BCUT2D eigenvalue weighted by Gasteiger charge is 2.36. The molecule has 2 aliphatic heterocycles. The molecule has 3 aliphatic rings. The number of nitrogens with zero attached hydrogens (tertiary/aromatic N) is 2. The zero-order valence-electron chi connectivity index (χ0n) is 17.2. The van der Waals surface area contributed by atoms with Gasteiger partial charge in [0.1, 0.15) is 0 Å². The number of ether oxygens (including phenoxy) is 1. The standard InChI is InChI=1S/C23H28N2O5/c26-20(24-13-5-8-16-7-1-4-11-19(16)24)15-30-21(27)12-6-14-25-22(28)17-9-2-3-10-18(17)23(25)29/h2-3,9-10,16,19H,1,4-8,11-15H2/t16-,19+/m1/s1. The second-order valence-corrected chi connectivity index (χ2v) is 8.41. The third kappa shape index (κ3) is 4.11. The van der Waals surface area contributed by atoms with E-state index in [0.717, 1.165) is 25.8 Å². The van der Waals surface area contributed by atoms with Crippen LogP contribution in [0.4, 0.5) is 0 Å². The summed E-state index contributed by atoms with van der Waals surface area (Å²) in [6.07, 6.45) is 7.21. The van der Waals surface area contributed by atoms with Crippen LogP contribution in [-0.2, 0) is 14.3 Å². The third-order valence-electron chi connectivity index (χ3n) is 6.56. The summed E-state index contributed by atoms with van der Waals surface area (Å²) in [7, 11) is 0. The summed E-state index contributed by atoms with van der Waals surface area (Å²) in [5, 5.41) is 0. The Morgan fingerprint density at radius 3 is 2.37 bits per heavy atom. The maximum absolute atomic E-state index is 12.6. The van der Waals surface area contributed by atoms with E-state index < -0.39 is 5.97 Å². The van der Waals surface area contributed by atoms with Crippen molar-refractivity contribution < 1.29 is 23.9 Å². The fourth-order valence-corrected chi connectivity index (χ4v) is 5.06. The Morgan fingerprint density at radius 2 is 1.63 bits per heavy atom. The van der Waals surface area contributed by atoms with Crippen molar-refractivity contribution in [2.75, 3.05) is 19.7 Å². The molecule has 4 rings (SSSR count). The van der Waals surface area contributed by atoms with Crippen molar-refractivity contribution in [3.05, 3.63) is 35.4 Å². The molecule has 7 nitrogen and oxygen atoms in total. The molecule has 160 valence electrons. The maximum Gasteiger partial charge on any atom is 0.306 e. The lowest BCUT2D eigenvalue weighted by molar-refractivity contribution is -0.155. The summed E-state index contributed by atoms with van der Waals surface area (Å²) >= 11 is 0. The molecule has 1 aliphatic carbocycles. The van der Waals surface area contributed by atoms with Crippen LogP contribution in [0.5, 0.6) is 0 Å². The van der Waals surface area contributed by atoms with Gasteiger partial charge in [0, 0.05) is 25.6 Å². The molecule has 7 heteroatoms. The number of esters is 1. The summed E-state index contributed by atoms with van der Waals surface area (Å²) in [4.78, 5) is 52.4. The van der Waals surface area contributed by atoms with Crippen molar-refractivity contribution >= 4 is 23.7 Å². The van der Waals surface area contributed by atoms with Crippen molar-refractivity contribution in [2.24, 2.45) is 5.92 Å². The number of likely N-dealkylation sites (tertiary alicyclic amines) is 1. The SMILES string of the molecule is O=C(CCCN1C(=O)c2ccccc2C1=O)OCC(=O)N1CCC[C@H]2CCCC[C@@H]21. The fourth-order valence-electron chi connectivity index (χ4n) is 5.06. The van der Waals surface area contributed by atoms with Gasteiger partial charge in [0.2, 0.25) is 0 Å². The monoisotopic (exact) mass is 412 g/mol. The number of amides is 3. The molecular weight excluding hydrogens is 384 g/mol. The van der Waals surface area contributed by atoms with Crippen molar-refractivity contribution in [3.63, 3.8) is 0 Å². The van der Waals surface area contributed by atoms with Gasteiger partial charge in [-0.25, -0.2) is 0 Å². The molecule has 0 radical (unpaired) electrons. The van der Waals surface area contributed by atoms with E-state index in [1.54, 1.807) is 24.3 Å². The second kappa shape index (κ2) is 8.98. The van der Waals surface area contributed by atoms with Crippen LogP contribution < -0.4 is 0 Å². The highest BCUT2D eigenvalue weighted by Crippen LogP contribution is 2.35. The van der Waals surface area contributed by atoms with E-state index in [-0.39, 0.29) is 37.3 Å². The molecule has 1 saturated carbocycles. The molecule has 1 aromatic rings. The smallest absolute Gasteiger partial charge is 0.306 e. The Labute approximate surface area is 176 Å². The lowest BCUT2D eigenvalue weighted by Gasteiger charge is -2.44. The molecule has 0 aromatic heterocycles. The van der Waals surface area contributed by atoms with Gasteiger partial charge in [0.15, 0.2) is 6.61 Å². The van der Waals surface area contributed by atoms with E-state index in [0.29, 0.717) is 29.5 Å². The lowest BCUT2D eigenvalue weighted by atomic mass is 9.78. The molecular formula is C23H28N2O5. The average molecular weight is 412 g/mol. The molecule has 1 saturated heterocycles. The third-order valence-corrected chi connectivity index (χ3v) is 6.56. The molecule has 0 spiro atoms. The van der Waals surface area contributed by atoms with Crippen molar-refractivity contribution in [2.45, 2.75) is 57.4 Å². The number of carbonyl (C=O) groups is 4. The van der Waals surface area contributed by atoms with E-state index >= 15 is 0 Å². The van der Waals surface area contributed by atoms with Gasteiger partial charge in [-0.15, -0.1) is 0 Å². The fraction of sp³-hybridized carbons (Fsp3) is 0.565. The van der Waals surface area contributed by atoms with Crippen molar-refractivity contribution in [1.82, 2.24) is 9.80 Å². The Kier molecular flexibility index (Phi) is 6.16. The maximum atomic E-state index is 12.6. The number of hydrogen-bond acceptors (Lipinski definition) is 5. The highest BCUT2D eigenvalue weighted by molar-refractivity contribution is 6.21. The summed E-state index contributed by atoms with van der Waals surface area (Å²) in [6, 6.07) is 7.01. The van der Waals surface area contributed by atoms with E-state index in [2.05, 4.69) is 0 Å². The van der Waals surface area contributed by atoms with Gasteiger partial charge in [-0.3, -0.25) is 24.1 Å². The predicted molar refractivity (Wildman–Crippen MR) is 109 cm³/mol. The first kappa shape index (κ1) is 20.6. The minimum atomic E-state index is -0.475. The first-order valence-electron chi connectivity index (χ1n) is 11.0. The van der Waals surface area contributed by atoms with Crippen LogP contribution in [-0.4, -0.2) is 59.2 Å². The quantitative estimate of drug-likeness (QED) is 0.530. The van der Waals surface area contributed by atoms with Gasteiger partial charge in [-0.1, -0.05) is 25.0 Å². The van der Waals surface area contributed by atoms with E-state index in [1.807, 2.05) is 4.90 Å². The normalized spacial score (nSPS) is 23.2. The molecule has 2 fully saturated rings. The van der Waals surface area contributed by atoms with E-state index in [4.69, 9.17) is 4.74 Å². The summed E-state index contributed by atoms with van der Waals surface area (Å²) in [5.41, 5.74) is 0.802. The molecule has 2 heterocycles. The summed E-state index contributed by atoms with van der Waals surface area (Å²) < 4.78 is 5.20. The second-order valence-electron chi connectivity index (χ2n) is 8.41. The molecule has 0 unspecified atom stereocenters. The zero-order chi connectivity index (χ0) is 21.1. The van der Waals surface area contributed by atoms with Crippen LogP contribution >= 0.6 is 0 Å².